The highest BCUT2D eigenvalue weighted by Crippen LogP contribution is 2.38. The number of benzene rings is 1. The average molecular weight is 246 g/mol. The number of carbonyl (C=O) groups excluding carboxylic acids is 2. The molecule has 0 fully saturated rings. The van der Waals surface area contributed by atoms with Gasteiger partial charge < -0.3 is 4.74 Å². The minimum atomic E-state index is -0.318. The van der Waals surface area contributed by atoms with Gasteiger partial charge in [-0.25, -0.2) is 4.79 Å². The molecular formula is C13H10O3S. The largest absolute Gasteiger partial charge is 0.454 e. The smallest absolute Gasteiger partial charge is 0.331 e. The fraction of sp³-hybridized carbons (Fsp3) is 0.231. The van der Waals surface area contributed by atoms with E-state index in [0.29, 0.717) is 6.42 Å². The Morgan fingerprint density at radius 1 is 1.24 bits per heavy atom. The zero-order valence-electron chi connectivity index (χ0n) is 8.96. The molecule has 0 N–H and O–H groups in total. The van der Waals surface area contributed by atoms with Crippen molar-refractivity contribution in [2.45, 2.75) is 22.7 Å². The van der Waals surface area contributed by atoms with Crippen LogP contribution < -0.4 is 0 Å². The van der Waals surface area contributed by atoms with Crippen LogP contribution in [0.3, 0.4) is 0 Å². The zero-order valence-corrected chi connectivity index (χ0v) is 9.78. The van der Waals surface area contributed by atoms with Crippen LogP contribution in [0.4, 0.5) is 0 Å². The maximum atomic E-state index is 12.0. The first kappa shape index (κ1) is 10.6. The van der Waals surface area contributed by atoms with E-state index in [9.17, 15) is 9.59 Å². The molecule has 86 valence electrons. The van der Waals surface area contributed by atoms with Crippen molar-refractivity contribution in [3.8, 4) is 0 Å². The molecule has 1 aromatic rings. The van der Waals surface area contributed by atoms with Gasteiger partial charge in [0.15, 0.2) is 5.78 Å². The van der Waals surface area contributed by atoms with E-state index in [2.05, 4.69) is 0 Å². The summed E-state index contributed by atoms with van der Waals surface area (Å²) in [6.45, 7) is 0. The molecule has 2 aliphatic heterocycles. The molecule has 0 saturated carbocycles. The summed E-state index contributed by atoms with van der Waals surface area (Å²) in [6.07, 6.45) is 3.31. The lowest BCUT2D eigenvalue weighted by molar-refractivity contribution is -0.138. The number of Topliss-reactive ketones (excluding diaryl/α,β-unsaturated/α-hetero) is 1. The Morgan fingerprint density at radius 3 is 2.82 bits per heavy atom. The summed E-state index contributed by atoms with van der Waals surface area (Å²) in [6, 6.07) is 7.56. The van der Waals surface area contributed by atoms with Crippen molar-refractivity contribution < 1.29 is 14.3 Å². The number of hydrogen-bond acceptors (Lipinski definition) is 4. The second kappa shape index (κ2) is 4.04. The average Bonchev–Trinajstić information content (AvgIpc) is 2.76. The molecule has 0 radical (unpaired) electrons. The second-order valence-electron chi connectivity index (χ2n) is 4.04. The molecule has 17 heavy (non-hydrogen) atoms. The highest BCUT2D eigenvalue weighted by molar-refractivity contribution is 8.00. The van der Waals surface area contributed by atoms with Crippen LogP contribution in [-0.2, 0) is 9.53 Å². The fourth-order valence-electron chi connectivity index (χ4n) is 2.07. The van der Waals surface area contributed by atoms with E-state index in [1.807, 2.05) is 24.3 Å². The van der Waals surface area contributed by atoms with Crippen LogP contribution in [0.25, 0.3) is 0 Å². The molecular weight excluding hydrogens is 236 g/mol. The van der Waals surface area contributed by atoms with Gasteiger partial charge in [-0.3, -0.25) is 4.79 Å². The van der Waals surface area contributed by atoms with E-state index in [4.69, 9.17) is 4.74 Å². The Bertz CT molecular complexity index is 521. The van der Waals surface area contributed by atoms with Crippen LogP contribution in [0.1, 0.15) is 16.8 Å². The molecule has 0 spiro atoms. The second-order valence-corrected chi connectivity index (χ2v) is 5.32. The number of cyclic esters (lactones) is 1. The molecule has 0 saturated heterocycles. The fourth-order valence-corrected chi connectivity index (χ4v) is 3.37. The van der Waals surface area contributed by atoms with E-state index in [0.717, 1.165) is 10.5 Å². The maximum Gasteiger partial charge on any atom is 0.331 e. The lowest BCUT2D eigenvalue weighted by Gasteiger charge is -2.26. The number of thioether (sulfide) groups is 1. The Kier molecular flexibility index (Phi) is 2.52. The summed E-state index contributed by atoms with van der Waals surface area (Å²) in [5.41, 5.74) is 0.780. The summed E-state index contributed by atoms with van der Waals surface area (Å²) in [4.78, 5) is 24.0. The Morgan fingerprint density at radius 2 is 2.06 bits per heavy atom. The Balaban J connectivity index is 1.87. The van der Waals surface area contributed by atoms with E-state index >= 15 is 0 Å². The van der Waals surface area contributed by atoms with Crippen molar-refractivity contribution in [3.63, 3.8) is 0 Å². The summed E-state index contributed by atoms with van der Waals surface area (Å²) in [7, 11) is 0. The van der Waals surface area contributed by atoms with Gasteiger partial charge in [-0.2, -0.15) is 0 Å². The molecule has 4 heteroatoms. The SMILES string of the molecule is O=C1C=C[C@@H]([C@H]2CC(=O)c3ccccc3S2)O1. The summed E-state index contributed by atoms with van der Waals surface area (Å²) < 4.78 is 5.14. The lowest BCUT2D eigenvalue weighted by atomic mass is 10.0. The first-order valence-corrected chi connectivity index (χ1v) is 6.30. The number of carbonyl (C=O) groups is 2. The zero-order chi connectivity index (χ0) is 11.8. The molecule has 2 aliphatic rings. The number of fused-ring (bicyclic) bond motifs is 1. The summed E-state index contributed by atoms with van der Waals surface area (Å²) in [5, 5.41) is 0.0000926. The molecule has 0 aromatic heterocycles. The van der Waals surface area contributed by atoms with Gasteiger partial charge in [-0.15, -0.1) is 11.8 Å². The van der Waals surface area contributed by atoms with Crippen molar-refractivity contribution in [3.05, 3.63) is 42.0 Å². The molecule has 0 unspecified atom stereocenters. The van der Waals surface area contributed by atoms with Crippen molar-refractivity contribution in [1.82, 2.24) is 0 Å². The van der Waals surface area contributed by atoms with Crippen LogP contribution in [0.15, 0.2) is 41.3 Å². The Hall–Kier alpha value is -1.55. The van der Waals surface area contributed by atoms with Gasteiger partial charge in [0.05, 0.1) is 5.25 Å². The van der Waals surface area contributed by atoms with Crippen molar-refractivity contribution in [2.24, 2.45) is 0 Å². The minimum absolute atomic E-state index is 0.0000926. The summed E-state index contributed by atoms with van der Waals surface area (Å²) >= 11 is 1.61. The minimum Gasteiger partial charge on any atom is -0.454 e. The standard InChI is InChI=1S/C13H10O3S/c14-9-7-12(10-5-6-13(15)16-10)17-11-4-2-1-3-8(9)11/h1-6,10,12H,7H2/t10-,12+/m0/s1. The van der Waals surface area contributed by atoms with Gasteiger partial charge in [-0.05, 0) is 12.1 Å². The van der Waals surface area contributed by atoms with Gasteiger partial charge in [0, 0.05) is 23.0 Å². The molecule has 3 rings (SSSR count). The number of hydrogen-bond donors (Lipinski definition) is 0. The highest BCUT2D eigenvalue weighted by atomic mass is 32.2. The quantitative estimate of drug-likeness (QED) is 0.713. The van der Waals surface area contributed by atoms with Gasteiger partial charge >= 0.3 is 5.97 Å². The van der Waals surface area contributed by atoms with Crippen LogP contribution >= 0.6 is 11.8 Å². The molecule has 2 heterocycles. The molecule has 0 bridgehead atoms. The Labute approximate surface area is 103 Å². The molecule has 0 aliphatic carbocycles. The van der Waals surface area contributed by atoms with Crippen LogP contribution in [0.5, 0.6) is 0 Å². The molecule has 2 atom stereocenters. The summed E-state index contributed by atoms with van der Waals surface area (Å²) in [5.74, 6) is -0.192. The van der Waals surface area contributed by atoms with Crippen LogP contribution in [0.2, 0.25) is 0 Å². The molecule has 0 amide bonds. The van der Waals surface area contributed by atoms with Gasteiger partial charge in [0.25, 0.3) is 0 Å². The van der Waals surface area contributed by atoms with E-state index in [1.165, 1.54) is 6.08 Å². The van der Waals surface area contributed by atoms with Crippen molar-refractivity contribution >= 4 is 23.5 Å². The van der Waals surface area contributed by atoms with Crippen LogP contribution in [0, 0.1) is 0 Å². The molecule has 1 aromatic carbocycles. The third-order valence-corrected chi connectivity index (χ3v) is 4.24. The van der Waals surface area contributed by atoms with E-state index in [-0.39, 0.29) is 23.1 Å². The number of rotatable bonds is 1. The topological polar surface area (TPSA) is 43.4 Å². The first-order valence-electron chi connectivity index (χ1n) is 5.42. The van der Waals surface area contributed by atoms with E-state index in [1.54, 1.807) is 17.8 Å². The number of esters is 1. The number of ketones is 1. The monoisotopic (exact) mass is 246 g/mol. The van der Waals surface area contributed by atoms with E-state index < -0.39 is 0 Å². The van der Waals surface area contributed by atoms with Crippen molar-refractivity contribution in [2.75, 3.05) is 0 Å². The normalized spacial score (nSPS) is 26.8. The lowest BCUT2D eigenvalue weighted by Crippen LogP contribution is -2.28. The van der Waals surface area contributed by atoms with Gasteiger partial charge in [-0.1, -0.05) is 18.2 Å². The maximum absolute atomic E-state index is 12.0. The third kappa shape index (κ3) is 1.89. The number of ether oxygens (including phenoxy) is 1. The van der Waals surface area contributed by atoms with Gasteiger partial charge in [0.2, 0.25) is 0 Å². The first-order chi connectivity index (χ1) is 8.24. The van der Waals surface area contributed by atoms with Crippen LogP contribution in [-0.4, -0.2) is 23.1 Å². The third-order valence-electron chi connectivity index (χ3n) is 2.89. The highest BCUT2D eigenvalue weighted by Gasteiger charge is 2.33. The predicted octanol–water partition coefficient (Wildman–Crippen LogP) is 2.22. The van der Waals surface area contributed by atoms with Crippen molar-refractivity contribution in [1.29, 1.82) is 0 Å². The molecule has 3 nitrogen and oxygen atoms in total. The predicted molar refractivity (Wildman–Crippen MR) is 64.1 cm³/mol. The van der Waals surface area contributed by atoms with Gasteiger partial charge in [0.1, 0.15) is 6.10 Å².